The first-order valence-electron chi connectivity index (χ1n) is 19.3. The number of H-pyrrole nitrogens is 1. The van der Waals surface area contributed by atoms with Gasteiger partial charge < -0.3 is 37.1 Å². The van der Waals surface area contributed by atoms with Crippen LogP contribution in [0.25, 0.3) is 10.9 Å². The van der Waals surface area contributed by atoms with E-state index in [0.29, 0.717) is 17.7 Å². The van der Waals surface area contributed by atoms with E-state index < -0.39 is 60.2 Å². The lowest BCUT2D eigenvalue weighted by Crippen LogP contribution is -2.59. The summed E-state index contributed by atoms with van der Waals surface area (Å²) in [4.78, 5) is 81.5. The number of aromatic amines is 1. The maximum Gasteiger partial charge on any atom is 0.305 e. The average molecular weight is 779 g/mol. The van der Waals surface area contributed by atoms with Crippen molar-refractivity contribution in [2.45, 2.75) is 121 Å². The molecule has 0 aliphatic carbocycles. The molecule has 0 unspecified atom stereocenters. The second-order valence-corrected chi connectivity index (χ2v) is 14.9. The van der Waals surface area contributed by atoms with Crippen LogP contribution in [0, 0.1) is 0 Å². The normalized spacial score (nSPS) is 13.3. The van der Waals surface area contributed by atoms with Crippen molar-refractivity contribution in [2.75, 3.05) is 12.0 Å². The Kier molecular flexibility index (Phi) is 19.9. The first-order chi connectivity index (χ1) is 26.5. The molecule has 2 aromatic carbocycles. The molecule has 1 aromatic heterocycles. The highest BCUT2D eigenvalue weighted by Gasteiger charge is 2.32. The third-order valence-electron chi connectivity index (χ3n) is 9.46. The summed E-state index contributed by atoms with van der Waals surface area (Å²) in [6.45, 7) is 2.20. The molecule has 1 heterocycles. The van der Waals surface area contributed by atoms with Crippen molar-refractivity contribution in [3.63, 3.8) is 0 Å². The van der Waals surface area contributed by atoms with Crippen LogP contribution in [0.15, 0.2) is 60.8 Å². The Morgan fingerprint density at radius 3 is 1.95 bits per heavy atom. The third kappa shape index (κ3) is 16.2. The minimum Gasteiger partial charge on any atom is -0.481 e. The van der Waals surface area contributed by atoms with Gasteiger partial charge in [0.05, 0.1) is 6.42 Å². The zero-order valence-electron chi connectivity index (χ0n) is 32.1. The lowest BCUT2D eigenvalue weighted by atomic mass is 10.0. The Morgan fingerprint density at radius 1 is 0.709 bits per heavy atom. The number of carbonyl (C=O) groups is 6. The van der Waals surface area contributed by atoms with Crippen molar-refractivity contribution in [2.24, 2.45) is 5.73 Å². The largest absolute Gasteiger partial charge is 0.481 e. The summed E-state index contributed by atoms with van der Waals surface area (Å²) in [5, 5.41) is 21.1. The Bertz CT molecular complexity index is 1680. The van der Waals surface area contributed by atoms with E-state index in [2.05, 4.69) is 33.2 Å². The molecule has 13 nitrogen and oxygen atoms in total. The third-order valence-corrected chi connectivity index (χ3v) is 10.1. The minimum atomic E-state index is -1.57. The van der Waals surface area contributed by atoms with Gasteiger partial charge >= 0.3 is 5.97 Å². The predicted octanol–water partition coefficient (Wildman–Crippen LogP) is 4.53. The van der Waals surface area contributed by atoms with Crippen molar-refractivity contribution in [1.82, 2.24) is 26.3 Å². The molecular formula is C41H58N6O7S. The number of rotatable bonds is 27. The summed E-state index contributed by atoms with van der Waals surface area (Å²) in [5.74, 6) is -4.30. The van der Waals surface area contributed by atoms with Gasteiger partial charge in [0.25, 0.3) is 0 Å². The van der Waals surface area contributed by atoms with Gasteiger partial charge in [-0.05, 0) is 42.0 Å². The maximum absolute atomic E-state index is 14.0. The standard InChI is InChI=1S/C41H58N6O7S/c1-3-4-5-6-7-8-9-10-14-21-36(48)44-34(25-29-27-43-31-20-16-15-19-30(29)31)40(53)45-32(22-23-55-2)39(52)47-35(26-37(49)50)41(54)46-33(38(42)51)24-28-17-12-11-13-18-28/h11-13,15-20,27,32-35,43H,3-10,14,21-26H2,1-2H3,(H2,42,51)(H,44,48)(H,45,53)(H,46,54)(H,47,52)(H,49,50)/t32-,33-,34-,35-/m0/s1. The van der Waals surface area contributed by atoms with Gasteiger partial charge in [-0.1, -0.05) is 107 Å². The zero-order valence-corrected chi connectivity index (χ0v) is 32.9. The molecule has 0 aliphatic heterocycles. The lowest BCUT2D eigenvalue weighted by molar-refractivity contribution is -0.141. The van der Waals surface area contributed by atoms with Gasteiger partial charge in [0.2, 0.25) is 29.5 Å². The maximum atomic E-state index is 14.0. The molecule has 0 radical (unpaired) electrons. The molecule has 0 fully saturated rings. The highest BCUT2D eigenvalue weighted by molar-refractivity contribution is 7.98. The van der Waals surface area contributed by atoms with E-state index in [1.807, 2.05) is 30.5 Å². The van der Waals surface area contributed by atoms with Crippen LogP contribution < -0.4 is 27.0 Å². The molecule has 3 aromatic rings. The minimum absolute atomic E-state index is 0.0602. The second kappa shape index (κ2) is 24.5. The number of carbonyl (C=O) groups excluding carboxylic acids is 5. The SMILES string of the molecule is CCCCCCCCCCCC(=O)N[C@@H](Cc1c[nH]c2ccccc12)C(=O)N[C@@H](CCSC)C(=O)N[C@@H](CC(=O)O)C(=O)N[C@@H](Cc1ccccc1)C(N)=O. The van der Waals surface area contributed by atoms with Crippen LogP contribution in [-0.2, 0) is 41.6 Å². The molecule has 14 heteroatoms. The smallest absolute Gasteiger partial charge is 0.305 e. The van der Waals surface area contributed by atoms with E-state index in [1.54, 1.807) is 36.5 Å². The van der Waals surface area contributed by atoms with Crippen molar-refractivity contribution in [3.05, 3.63) is 71.9 Å². The summed E-state index contributed by atoms with van der Waals surface area (Å²) >= 11 is 1.44. The number of benzene rings is 2. The zero-order chi connectivity index (χ0) is 40.0. The number of thioether (sulfide) groups is 1. The molecule has 0 saturated heterocycles. The molecule has 55 heavy (non-hydrogen) atoms. The fourth-order valence-electron chi connectivity index (χ4n) is 6.37. The van der Waals surface area contributed by atoms with Gasteiger partial charge in [-0.3, -0.25) is 28.8 Å². The lowest BCUT2D eigenvalue weighted by Gasteiger charge is -2.26. The van der Waals surface area contributed by atoms with Gasteiger partial charge in [-0.25, -0.2) is 0 Å². The predicted molar refractivity (Wildman–Crippen MR) is 216 cm³/mol. The molecule has 300 valence electrons. The van der Waals surface area contributed by atoms with E-state index in [9.17, 15) is 33.9 Å². The first kappa shape index (κ1) is 44.5. The Balaban J connectivity index is 1.72. The first-order valence-corrected chi connectivity index (χ1v) is 20.7. The number of para-hydroxylation sites is 1. The van der Waals surface area contributed by atoms with Crippen molar-refractivity contribution >= 4 is 58.2 Å². The highest BCUT2D eigenvalue weighted by Crippen LogP contribution is 2.20. The van der Waals surface area contributed by atoms with Crippen LogP contribution >= 0.6 is 11.8 Å². The summed E-state index contributed by atoms with van der Waals surface area (Å²) in [6.07, 6.45) is 13.4. The number of aromatic nitrogens is 1. The van der Waals surface area contributed by atoms with Crippen molar-refractivity contribution < 1.29 is 33.9 Å². The quantitative estimate of drug-likeness (QED) is 0.0546. The number of amides is 5. The van der Waals surface area contributed by atoms with Gasteiger partial charge in [0.1, 0.15) is 24.2 Å². The number of primary amides is 1. The Morgan fingerprint density at radius 2 is 1.29 bits per heavy atom. The Labute approximate surface area is 328 Å². The fourth-order valence-corrected chi connectivity index (χ4v) is 6.84. The molecule has 0 spiro atoms. The molecular weight excluding hydrogens is 721 g/mol. The number of carboxylic acid groups (broad SMARTS) is 1. The summed E-state index contributed by atoms with van der Waals surface area (Å²) in [5.41, 5.74) is 7.96. The van der Waals surface area contributed by atoms with Crippen LogP contribution in [-0.4, -0.2) is 81.8 Å². The van der Waals surface area contributed by atoms with Gasteiger partial charge in [0.15, 0.2) is 0 Å². The summed E-state index contributed by atoms with van der Waals surface area (Å²) < 4.78 is 0. The van der Waals surface area contributed by atoms with Crippen LogP contribution in [0.5, 0.6) is 0 Å². The number of hydrogen-bond donors (Lipinski definition) is 7. The van der Waals surface area contributed by atoms with E-state index in [1.165, 1.54) is 43.9 Å². The monoisotopic (exact) mass is 778 g/mol. The van der Waals surface area contributed by atoms with Crippen molar-refractivity contribution in [3.8, 4) is 0 Å². The van der Waals surface area contributed by atoms with Crippen LogP contribution in [0.3, 0.4) is 0 Å². The molecule has 0 saturated carbocycles. The van der Waals surface area contributed by atoms with Crippen molar-refractivity contribution in [1.29, 1.82) is 0 Å². The number of carboxylic acids is 1. The van der Waals surface area contributed by atoms with Gasteiger partial charge in [-0.2, -0.15) is 11.8 Å². The van der Waals surface area contributed by atoms with Crippen LogP contribution in [0.4, 0.5) is 0 Å². The number of fused-ring (bicyclic) bond motifs is 1. The molecule has 4 atom stereocenters. The Hall–Kier alpha value is -4.85. The molecule has 0 aliphatic rings. The van der Waals surface area contributed by atoms with Crippen LogP contribution in [0.1, 0.15) is 95.1 Å². The van der Waals surface area contributed by atoms with Crippen LogP contribution in [0.2, 0.25) is 0 Å². The summed E-state index contributed by atoms with van der Waals surface area (Å²) in [7, 11) is 0. The van der Waals surface area contributed by atoms with Gasteiger partial charge in [-0.15, -0.1) is 0 Å². The molecule has 0 bridgehead atoms. The second-order valence-electron chi connectivity index (χ2n) is 13.9. The number of unbranched alkanes of at least 4 members (excludes halogenated alkanes) is 8. The van der Waals surface area contributed by atoms with E-state index in [-0.39, 0.29) is 31.6 Å². The topological polar surface area (TPSA) is 213 Å². The average Bonchev–Trinajstić information content (AvgIpc) is 3.57. The number of hydrogen-bond acceptors (Lipinski definition) is 7. The molecule has 8 N–H and O–H groups in total. The highest BCUT2D eigenvalue weighted by atomic mass is 32.2. The van der Waals surface area contributed by atoms with E-state index in [0.717, 1.165) is 35.7 Å². The molecule has 5 amide bonds. The van der Waals surface area contributed by atoms with Gasteiger partial charge in [0, 0.05) is 36.4 Å². The number of nitrogens with two attached hydrogens (primary N) is 1. The fraction of sp³-hybridized carbons (Fsp3) is 0.512. The summed E-state index contributed by atoms with van der Waals surface area (Å²) in [6, 6.07) is 11.5. The number of nitrogens with one attached hydrogen (secondary N) is 5. The van der Waals surface area contributed by atoms with E-state index in [4.69, 9.17) is 5.73 Å². The van der Waals surface area contributed by atoms with E-state index >= 15 is 0 Å². The molecule has 3 rings (SSSR count). The number of aliphatic carboxylic acids is 1.